The molecule has 2 nitrogen and oxygen atoms in total. The third-order valence-corrected chi connectivity index (χ3v) is 1.59. The van der Waals surface area contributed by atoms with Crippen molar-refractivity contribution in [3.63, 3.8) is 0 Å². The van der Waals surface area contributed by atoms with Gasteiger partial charge in [-0.15, -0.1) is 0 Å². The first-order chi connectivity index (χ1) is 4.88. The first-order valence-corrected chi connectivity index (χ1v) is 3.15. The van der Waals surface area contributed by atoms with Crippen LogP contribution in [0.2, 0.25) is 0 Å². The minimum atomic E-state index is 0.558. The highest BCUT2D eigenvalue weighted by Crippen LogP contribution is 2.18. The van der Waals surface area contributed by atoms with Crippen molar-refractivity contribution < 1.29 is 0 Å². The third kappa shape index (κ3) is 0.589. The Labute approximate surface area is 58.7 Å². The van der Waals surface area contributed by atoms with Crippen molar-refractivity contribution in [1.29, 1.82) is 0 Å². The van der Waals surface area contributed by atoms with E-state index in [1.165, 1.54) is 0 Å². The van der Waals surface area contributed by atoms with Gasteiger partial charge in [-0.05, 0) is 12.1 Å². The van der Waals surface area contributed by atoms with E-state index in [4.69, 9.17) is 5.73 Å². The van der Waals surface area contributed by atoms with Gasteiger partial charge in [0.05, 0.1) is 11.2 Å². The highest BCUT2D eigenvalue weighted by atomic mass is 14.7. The number of para-hydroxylation sites is 1. The molecular weight excluding hydrogens is 124 g/mol. The molecule has 0 bridgehead atoms. The lowest BCUT2D eigenvalue weighted by atomic mass is 10.2. The lowest BCUT2D eigenvalue weighted by Gasteiger charge is -1.91. The maximum atomic E-state index is 7.45. The molecule has 0 amide bonds. The molecule has 0 atom stereocenters. The van der Waals surface area contributed by atoms with Crippen LogP contribution in [0.4, 0.5) is 5.69 Å². The lowest BCUT2D eigenvalue weighted by molar-refractivity contribution is 1.43. The smallest absolute Gasteiger partial charge is 0.0780 e. The number of aromatic amines is 1. The van der Waals surface area contributed by atoms with Gasteiger partial charge >= 0.3 is 0 Å². The Balaban J connectivity index is 2.95. The van der Waals surface area contributed by atoms with Gasteiger partial charge < -0.3 is 4.98 Å². The number of nitrogens with one attached hydrogen (secondary N) is 2. The van der Waals surface area contributed by atoms with E-state index < -0.39 is 0 Å². The maximum absolute atomic E-state index is 7.45. The maximum Gasteiger partial charge on any atom is 0.0780 e. The molecule has 2 rings (SSSR count). The number of rotatable bonds is 0. The highest BCUT2D eigenvalue weighted by Gasteiger charge is 1.95. The van der Waals surface area contributed by atoms with E-state index >= 15 is 0 Å². The van der Waals surface area contributed by atoms with E-state index in [-0.39, 0.29) is 0 Å². The zero-order valence-electron chi connectivity index (χ0n) is 5.39. The van der Waals surface area contributed by atoms with Gasteiger partial charge in [0.2, 0.25) is 0 Å². The Bertz CT molecular complexity index is 349. The van der Waals surface area contributed by atoms with E-state index in [1.807, 2.05) is 24.4 Å². The monoisotopic (exact) mass is 131 g/mol. The van der Waals surface area contributed by atoms with E-state index in [9.17, 15) is 0 Å². The molecule has 0 fully saturated rings. The van der Waals surface area contributed by atoms with Crippen molar-refractivity contribution in [2.45, 2.75) is 0 Å². The molecule has 0 aliphatic rings. The van der Waals surface area contributed by atoms with Gasteiger partial charge in [-0.1, -0.05) is 12.1 Å². The summed E-state index contributed by atoms with van der Waals surface area (Å²) in [6.45, 7) is 0. The van der Waals surface area contributed by atoms with Crippen LogP contribution in [0.3, 0.4) is 0 Å². The SMILES string of the molecule is [NH]c1cccc2cc[nH]c12. The van der Waals surface area contributed by atoms with E-state index in [0.717, 1.165) is 10.9 Å². The Morgan fingerprint density at radius 1 is 1.20 bits per heavy atom. The van der Waals surface area contributed by atoms with Crippen molar-refractivity contribution in [3.8, 4) is 0 Å². The van der Waals surface area contributed by atoms with E-state index in [2.05, 4.69) is 4.98 Å². The minimum absolute atomic E-state index is 0.558. The van der Waals surface area contributed by atoms with Crippen LogP contribution in [0.15, 0.2) is 30.5 Å². The Morgan fingerprint density at radius 3 is 2.90 bits per heavy atom. The summed E-state index contributed by atoms with van der Waals surface area (Å²) in [6, 6.07) is 7.62. The summed E-state index contributed by atoms with van der Waals surface area (Å²) in [4.78, 5) is 3.00. The molecule has 0 saturated carbocycles. The second kappa shape index (κ2) is 1.77. The highest BCUT2D eigenvalue weighted by molar-refractivity contribution is 5.88. The molecule has 1 heterocycles. The van der Waals surface area contributed by atoms with Crippen molar-refractivity contribution >= 4 is 16.6 Å². The second-order valence-corrected chi connectivity index (χ2v) is 2.25. The van der Waals surface area contributed by atoms with Gasteiger partial charge in [0.15, 0.2) is 0 Å². The summed E-state index contributed by atoms with van der Waals surface area (Å²) < 4.78 is 0. The molecule has 49 valence electrons. The largest absolute Gasteiger partial charge is 0.359 e. The summed E-state index contributed by atoms with van der Waals surface area (Å²) in [6.07, 6.45) is 1.85. The standard InChI is InChI=1S/C8H7N2/c9-7-3-1-2-6-4-5-10-8(6)7/h1-5,9-10H. The van der Waals surface area contributed by atoms with Crippen molar-refractivity contribution in [2.75, 3.05) is 0 Å². The van der Waals surface area contributed by atoms with Crippen LogP contribution in [-0.4, -0.2) is 4.98 Å². The molecule has 0 spiro atoms. The number of hydrogen-bond donors (Lipinski definition) is 1. The van der Waals surface area contributed by atoms with Crippen molar-refractivity contribution in [2.24, 2.45) is 0 Å². The van der Waals surface area contributed by atoms with Gasteiger partial charge in [0, 0.05) is 11.6 Å². The summed E-state index contributed by atoms with van der Waals surface area (Å²) in [5.74, 6) is 0. The zero-order chi connectivity index (χ0) is 6.97. The second-order valence-electron chi connectivity index (χ2n) is 2.25. The lowest BCUT2D eigenvalue weighted by Crippen LogP contribution is -1.71. The molecule has 10 heavy (non-hydrogen) atoms. The summed E-state index contributed by atoms with van der Waals surface area (Å²) in [5, 5.41) is 1.10. The summed E-state index contributed by atoms with van der Waals surface area (Å²) in [7, 11) is 0. The quantitative estimate of drug-likeness (QED) is 0.568. The van der Waals surface area contributed by atoms with Crippen molar-refractivity contribution in [3.05, 3.63) is 30.5 Å². The molecule has 1 radical (unpaired) electrons. The van der Waals surface area contributed by atoms with E-state index in [1.54, 1.807) is 6.07 Å². The topological polar surface area (TPSA) is 39.6 Å². The molecular formula is C8H7N2. The van der Waals surface area contributed by atoms with Gasteiger partial charge in [-0.3, -0.25) is 5.73 Å². The van der Waals surface area contributed by atoms with Crippen LogP contribution in [-0.2, 0) is 0 Å². The zero-order valence-corrected chi connectivity index (χ0v) is 5.39. The van der Waals surface area contributed by atoms with Gasteiger partial charge in [0.1, 0.15) is 0 Å². The van der Waals surface area contributed by atoms with Crippen LogP contribution in [0.1, 0.15) is 0 Å². The first-order valence-electron chi connectivity index (χ1n) is 3.15. The van der Waals surface area contributed by atoms with Crippen molar-refractivity contribution in [1.82, 2.24) is 10.7 Å². The molecule has 2 heteroatoms. The summed E-state index contributed by atoms with van der Waals surface area (Å²) in [5.41, 5.74) is 8.93. The predicted octanol–water partition coefficient (Wildman–Crippen LogP) is 2.08. The van der Waals surface area contributed by atoms with Crippen LogP contribution in [0.25, 0.3) is 10.9 Å². The molecule has 2 aromatic rings. The average molecular weight is 131 g/mol. The fourth-order valence-corrected chi connectivity index (χ4v) is 1.08. The molecule has 0 saturated heterocycles. The Morgan fingerprint density at radius 2 is 2.10 bits per heavy atom. The fraction of sp³-hybridized carbons (Fsp3) is 0. The molecule has 1 aromatic heterocycles. The normalized spacial score (nSPS) is 10.4. The molecule has 0 unspecified atom stereocenters. The summed E-state index contributed by atoms with van der Waals surface area (Å²) >= 11 is 0. The number of benzene rings is 1. The molecule has 1 aromatic carbocycles. The number of H-pyrrole nitrogens is 1. The van der Waals surface area contributed by atoms with Crippen LogP contribution >= 0.6 is 0 Å². The van der Waals surface area contributed by atoms with Gasteiger partial charge in [-0.2, -0.15) is 0 Å². The molecule has 0 aliphatic heterocycles. The van der Waals surface area contributed by atoms with E-state index in [0.29, 0.717) is 5.69 Å². The van der Waals surface area contributed by atoms with Gasteiger partial charge in [-0.25, -0.2) is 0 Å². The Kier molecular flexibility index (Phi) is 0.947. The third-order valence-electron chi connectivity index (χ3n) is 1.59. The first kappa shape index (κ1) is 5.35. The average Bonchev–Trinajstić information content (AvgIpc) is 2.36. The van der Waals surface area contributed by atoms with Gasteiger partial charge in [0.25, 0.3) is 0 Å². The number of aromatic nitrogens is 1. The molecule has 0 aliphatic carbocycles. The number of hydrogen-bond acceptors (Lipinski definition) is 0. The Hall–Kier alpha value is -1.44. The van der Waals surface area contributed by atoms with Crippen LogP contribution in [0, 0.1) is 0 Å². The van der Waals surface area contributed by atoms with Crippen LogP contribution in [0.5, 0.6) is 0 Å². The number of fused-ring (bicyclic) bond motifs is 1. The predicted molar refractivity (Wildman–Crippen MR) is 41.1 cm³/mol. The molecule has 2 N–H and O–H groups in total. The fourth-order valence-electron chi connectivity index (χ4n) is 1.08. The minimum Gasteiger partial charge on any atom is -0.359 e. The van der Waals surface area contributed by atoms with Crippen LogP contribution < -0.4 is 5.73 Å².